The Bertz CT molecular complexity index is 1020. The lowest BCUT2D eigenvalue weighted by Gasteiger charge is -2.26. The van der Waals surface area contributed by atoms with Crippen LogP contribution < -0.4 is 4.74 Å². The molecule has 1 aliphatic heterocycles. The summed E-state index contributed by atoms with van der Waals surface area (Å²) in [4.78, 5) is 28.9. The minimum atomic E-state index is -0.915. The van der Waals surface area contributed by atoms with Crippen LogP contribution in [0.3, 0.4) is 0 Å². The van der Waals surface area contributed by atoms with Gasteiger partial charge in [-0.05, 0) is 50.0 Å². The monoisotopic (exact) mass is 432 g/mol. The molecule has 0 bridgehead atoms. The van der Waals surface area contributed by atoms with Gasteiger partial charge in [-0.2, -0.15) is 0 Å². The van der Waals surface area contributed by atoms with Crippen LogP contribution in [0.5, 0.6) is 5.75 Å². The zero-order chi connectivity index (χ0) is 22.0. The average molecular weight is 433 g/mol. The van der Waals surface area contributed by atoms with Gasteiger partial charge in [0.15, 0.2) is 0 Å². The molecule has 2 aromatic carbocycles. The molecule has 1 saturated heterocycles. The normalized spacial score (nSPS) is 18.3. The number of benzene rings is 2. The number of likely N-dealkylation sites (N-methyl/N-ethyl adjacent to an activating group) is 1. The van der Waals surface area contributed by atoms with Gasteiger partial charge in [-0.15, -0.1) is 0 Å². The number of hydrogen-bond donors (Lipinski definition) is 1. The molecule has 1 aliphatic rings. The predicted molar refractivity (Wildman–Crippen MR) is 112 cm³/mol. The Hall–Kier alpha value is -2.90. The van der Waals surface area contributed by atoms with E-state index in [2.05, 4.69) is 0 Å². The number of amides is 1. The summed E-state index contributed by atoms with van der Waals surface area (Å²) in [5.74, 6) is -2.04. The molecule has 1 amide bonds. The fourth-order valence-corrected chi connectivity index (χ4v) is 3.67. The first kappa shape index (κ1) is 21.8. The van der Waals surface area contributed by atoms with Crippen molar-refractivity contribution in [1.29, 1.82) is 0 Å². The molecule has 0 unspecified atom stereocenters. The molecule has 6 nitrogen and oxygen atoms in total. The largest absolute Gasteiger partial charge is 0.507 e. The topological polar surface area (TPSA) is 70.1 Å². The molecule has 0 saturated carbocycles. The number of carbonyl (C=O) groups is 2. The van der Waals surface area contributed by atoms with E-state index in [9.17, 15) is 19.1 Å². The summed E-state index contributed by atoms with van der Waals surface area (Å²) in [6.07, 6.45) is 0. The van der Waals surface area contributed by atoms with E-state index in [1.54, 1.807) is 12.1 Å². The molecule has 158 valence electrons. The van der Waals surface area contributed by atoms with Crippen LogP contribution in [0.2, 0.25) is 5.02 Å². The lowest BCUT2D eigenvalue weighted by molar-refractivity contribution is -0.140. The molecule has 1 atom stereocenters. The fraction of sp³-hybridized carbons (Fsp3) is 0.273. The highest BCUT2D eigenvalue weighted by Crippen LogP contribution is 2.40. The first-order valence-electron chi connectivity index (χ1n) is 9.27. The molecule has 0 aliphatic carbocycles. The zero-order valence-electron chi connectivity index (χ0n) is 16.9. The lowest BCUT2D eigenvalue weighted by Crippen LogP contribution is -2.35. The van der Waals surface area contributed by atoms with Crippen LogP contribution in [0.15, 0.2) is 48.0 Å². The zero-order valence-corrected chi connectivity index (χ0v) is 17.6. The lowest BCUT2D eigenvalue weighted by atomic mass is 9.95. The number of nitrogens with zero attached hydrogens (tertiary/aromatic N) is 2. The summed E-state index contributed by atoms with van der Waals surface area (Å²) in [5.41, 5.74) is 0.549. The Morgan fingerprint density at radius 2 is 1.97 bits per heavy atom. The van der Waals surface area contributed by atoms with Crippen LogP contribution in [0, 0.1) is 5.82 Å². The van der Waals surface area contributed by atoms with Gasteiger partial charge in [0, 0.05) is 18.7 Å². The van der Waals surface area contributed by atoms with Gasteiger partial charge in [0.05, 0.1) is 23.7 Å². The van der Waals surface area contributed by atoms with Crippen LogP contribution in [-0.4, -0.2) is 60.9 Å². The van der Waals surface area contributed by atoms with E-state index in [4.69, 9.17) is 16.3 Å². The number of carbonyl (C=O) groups excluding carboxylic acids is 2. The predicted octanol–water partition coefficient (Wildman–Crippen LogP) is 3.47. The number of aliphatic hydroxyl groups excluding tert-OH is 1. The Balaban J connectivity index is 2.16. The summed E-state index contributed by atoms with van der Waals surface area (Å²) in [6, 6.07) is 9.28. The Morgan fingerprint density at radius 3 is 2.57 bits per heavy atom. The number of ether oxygens (including phenoxy) is 1. The maximum atomic E-state index is 13.9. The molecule has 8 heteroatoms. The summed E-state index contributed by atoms with van der Waals surface area (Å²) in [7, 11) is 5.14. The maximum absolute atomic E-state index is 13.9. The van der Waals surface area contributed by atoms with E-state index in [0.717, 1.165) is 0 Å². The summed E-state index contributed by atoms with van der Waals surface area (Å²) in [6.45, 7) is 0.728. The second-order valence-electron chi connectivity index (χ2n) is 7.20. The van der Waals surface area contributed by atoms with Gasteiger partial charge >= 0.3 is 0 Å². The quantitative estimate of drug-likeness (QED) is 0.430. The fourth-order valence-electron chi connectivity index (χ4n) is 3.41. The Morgan fingerprint density at radius 1 is 1.23 bits per heavy atom. The summed E-state index contributed by atoms with van der Waals surface area (Å²) >= 11 is 6.16. The van der Waals surface area contributed by atoms with E-state index in [0.29, 0.717) is 17.9 Å². The van der Waals surface area contributed by atoms with Crippen molar-refractivity contribution in [2.75, 3.05) is 34.3 Å². The molecule has 3 rings (SSSR count). The maximum Gasteiger partial charge on any atom is 0.295 e. The van der Waals surface area contributed by atoms with Crippen molar-refractivity contribution in [2.24, 2.45) is 0 Å². The standard InChI is InChI=1S/C22H22ClFN2O4/c1-25(2)9-10-26-19(13-5-4-6-15(24)11-13)18(21(28)22(26)29)20(27)14-7-8-17(30-3)16(23)12-14/h4-8,11-12,19,27H,9-10H2,1-3H3/b20-18+/t19-/m0/s1. The molecule has 0 aromatic heterocycles. The molecular formula is C22H22ClFN2O4. The number of ketones is 1. The van der Waals surface area contributed by atoms with Crippen LogP contribution in [0.1, 0.15) is 17.2 Å². The molecule has 1 N–H and O–H groups in total. The molecule has 1 fully saturated rings. The van der Waals surface area contributed by atoms with Gasteiger partial charge in [-0.3, -0.25) is 9.59 Å². The van der Waals surface area contributed by atoms with Crippen molar-refractivity contribution < 1.29 is 23.8 Å². The first-order valence-corrected chi connectivity index (χ1v) is 9.65. The number of likely N-dealkylation sites (tertiary alicyclic amines) is 1. The molecule has 1 heterocycles. The van der Waals surface area contributed by atoms with Gasteiger partial charge in [0.2, 0.25) is 0 Å². The molecule has 0 spiro atoms. The molecule has 30 heavy (non-hydrogen) atoms. The Labute approximate surface area is 179 Å². The number of rotatable bonds is 6. The minimum Gasteiger partial charge on any atom is -0.507 e. The van der Waals surface area contributed by atoms with Gasteiger partial charge in [-0.1, -0.05) is 23.7 Å². The first-order chi connectivity index (χ1) is 14.2. The van der Waals surface area contributed by atoms with E-state index in [1.165, 1.54) is 42.3 Å². The van der Waals surface area contributed by atoms with E-state index < -0.39 is 23.5 Å². The smallest absolute Gasteiger partial charge is 0.295 e. The van der Waals surface area contributed by atoms with Crippen LogP contribution in [-0.2, 0) is 9.59 Å². The van der Waals surface area contributed by atoms with Gasteiger partial charge in [0.25, 0.3) is 11.7 Å². The SMILES string of the molecule is COc1ccc(/C(O)=C2\C(=O)C(=O)N(CCN(C)C)[C@H]2c2cccc(F)c2)cc1Cl. The van der Waals surface area contributed by atoms with Gasteiger partial charge in [-0.25, -0.2) is 4.39 Å². The van der Waals surface area contributed by atoms with Crippen LogP contribution in [0.4, 0.5) is 4.39 Å². The van der Waals surface area contributed by atoms with E-state index >= 15 is 0 Å². The number of halogens is 2. The highest BCUT2D eigenvalue weighted by molar-refractivity contribution is 6.46. The van der Waals surface area contributed by atoms with E-state index in [-0.39, 0.29) is 28.5 Å². The van der Waals surface area contributed by atoms with Crippen molar-refractivity contribution in [2.45, 2.75) is 6.04 Å². The van der Waals surface area contributed by atoms with E-state index in [1.807, 2.05) is 19.0 Å². The number of hydrogen-bond acceptors (Lipinski definition) is 5. The average Bonchev–Trinajstić information content (AvgIpc) is 2.96. The van der Waals surface area contributed by atoms with Crippen molar-refractivity contribution in [3.8, 4) is 5.75 Å². The van der Waals surface area contributed by atoms with Crippen molar-refractivity contribution in [3.63, 3.8) is 0 Å². The highest BCUT2D eigenvalue weighted by atomic mass is 35.5. The molecule has 2 aromatic rings. The summed E-state index contributed by atoms with van der Waals surface area (Å²) in [5, 5.41) is 11.2. The third-order valence-electron chi connectivity index (χ3n) is 4.92. The third kappa shape index (κ3) is 4.17. The van der Waals surface area contributed by atoms with Gasteiger partial charge < -0.3 is 19.6 Å². The number of Topliss-reactive ketones (excluding diaryl/α,β-unsaturated/α-hetero) is 1. The highest BCUT2D eigenvalue weighted by Gasteiger charge is 2.46. The Kier molecular flexibility index (Phi) is 6.43. The van der Waals surface area contributed by atoms with Crippen LogP contribution in [0.25, 0.3) is 5.76 Å². The second kappa shape index (κ2) is 8.85. The van der Waals surface area contributed by atoms with Crippen molar-refractivity contribution >= 4 is 29.1 Å². The minimum absolute atomic E-state index is 0.106. The second-order valence-corrected chi connectivity index (χ2v) is 7.61. The third-order valence-corrected chi connectivity index (χ3v) is 5.21. The van der Waals surface area contributed by atoms with Crippen LogP contribution >= 0.6 is 11.6 Å². The number of aliphatic hydroxyl groups is 1. The van der Waals surface area contributed by atoms with Crippen molar-refractivity contribution in [3.05, 3.63) is 70.0 Å². The summed E-state index contributed by atoms with van der Waals surface area (Å²) < 4.78 is 19.1. The number of methoxy groups -OCH3 is 1. The van der Waals surface area contributed by atoms with Crippen molar-refractivity contribution in [1.82, 2.24) is 9.80 Å². The molecular weight excluding hydrogens is 411 g/mol. The molecule has 0 radical (unpaired) electrons. The van der Waals surface area contributed by atoms with Gasteiger partial charge in [0.1, 0.15) is 17.3 Å².